The highest BCUT2D eigenvalue weighted by atomic mass is 16.6. The first-order chi connectivity index (χ1) is 11.0. The van der Waals surface area contributed by atoms with E-state index in [4.69, 9.17) is 0 Å². The number of non-ortho nitro benzene ring substituents is 1. The highest BCUT2D eigenvalue weighted by Crippen LogP contribution is 2.27. The number of rotatable bonds is 4. The van der Waals surface area contributed by atoms with Crippen LogP contribution < -0.4 is 5.32 Å². The fourth-order valence-corrected chi connectivity index (χ4v) is 2.51. The molecule has 2 heterocycles. The Balaban J connectivity index is 1.99. The van der Waals surface area contributed by atoms with Crippen LogP contribution in [0, 0.1) is 24.0 Å². The van der Waals surface area contributed by atoms with Crippen molar-refractivity contribution in [1.29, 1.82) is 0 Å². The molecule has 0 amide bonds. The monoisotopic (exact) mass is 311 g/mol. The van der Waals surface area contributed by atoms with E-state index in [0.717, 1.165) is 33.5 Å². The Hall–Kier alpha value is -2.96. The molecule has 0 saturated carbocycles. The van der Waals surface area contributed by atoms with E-state index in [-0.39, 0.29) is 5.69 Å². The molecule has 0 radical (unpaired) electrons. The maximum atomic E-state index is 11.0. The summed E-state index contributed by atoms with van der Waals surface area (Å²) in [7, 11) is 1.90. The van der Waals surface area contributed by atoms with Gasteiger partial charge in [0.15, 0.2) is 0 Å². The molecule has 1 aromatic carbocycles. The largest absolute Gasteiger partial charge is 0.380 e. The van der Waals surface area contributed by atoms with Gasteiger partial charge in [0.05, 0.1) is 16.6 Å². The third-order valence-electron chi connectivity index (χ3n) is 3.94. The lowest BCUT2D eigenvalue weighted by molar-refractivity contribution is -0.384. The molecule has 23 heavy (non-hydrogen) atoms. The molecular weight excluding hydrogens is 294 g/mol. The van der Waals surface area contributed by atoms with Crippen LogP contribution in [0.25, 0.3) is 10.9 Å². The van der Waals surface area contributed by atoms with Gasteiger partial charge in [-0.05, 0) is 26.0 Å². The number of anilines is 1. The number of nitrogens with zero attached hydrogens (tertiary/aromatic N) is 4. The minimum absolute atomic E-state index is 0.0590. The summed E-state index contributed by atoms with van der Waals surface area (Å²) < 4.78 is 1.82. The van der Waals surface area contributed by atoms with Crippen LogP contribution >= 0.6 is 0 Å². The van der Waals surface area contributed by atoms with Gasteiger partial charge in [-0.3, -0.25) is 19.8 Å². The number of nitro groups is 1. The number of hydrogen-bond acceptors (Lipinski definition) is 5. The van der Waals surface area contributed by atoms with Crippen LogP contribution in [0.15, 0.2) is 30.5 Å². The number of pyridine rings is 1. The van der Waals surface area contributed by atoms with Crippen LogP contribution in [0.3, 0.4) is 0 Å². The Labute approximate surface area is 133 Å². The summed E-state index contributed by atoms with van der Waals surface area (Å²) >= 11 is 0. The number of fused-ring (bicyclic) bond motifs is 1. The van der Waals surface area contributed by atoms with Crippen molar-refractivity contribution in [1.82, 2.24) is 14.8 Å². The Morgan fingerprint density at radius 1 is 1.30 bits per heavy atom. The summed E-state index contributed by atoms with van der Waals surface area (Å²) in [5.41, 5.74) is 4.65. The maximum Gasteiger partial charge on any atom is 0.270 e. The minimum Gasteiger partial charge on any atom is -0.380 e. The molecule has 0 saturated heterocycles. The second kappa shape index (κ2) is 5.68. The Bertz CT molecular complexity index is 901. The quantitative estimate of drug-likeness (QED) is 0.591. The first-order valence-electron chi connectivity index (χ1n) is 7.23. The fourth-order valence-electron chi connectivity index (χ4n) is 2.51. The zero-order valence-electron chi connectivity index (χ0n) is 13.2. The lowest BCUT2D eigenvalue weighted by Gasteiger charge is -2.10. The molecule has 0 aliphatic carbocycles. The van der Waals surface area contributed by atoms with Gasteiger partial charge < -0.3 is 5.32 Å². The molecule has 0 fully saturated rings. The van der Waals surface area contributed by atoms with Gasteiger partial charge in [0, 0.05) is 53.8 Å². The number of hydrogen-bond donors (Lipinski definition) is 1. The number of nitro benzene ring substituents is 1. The third-order valence-corrected chi connectivity index (χ3v) is 3.94. The van der Waals surface area contributed by atoms with Crippen molar-refractivity contribution in [3.05, 3.63) is 57.5 Å². The summed E-state index contributed by atoms with van der Waals surface area (Å²) in [6.07, 6.45) is 1.82. The predicted octanol–water partition coefficient (Wildman–Crippen LogP) is 3.11. The lowest BCUT2D eigenvalue weighted by Crippen LogP contribution is -2.03. The average molecular weight is 311 g/mol. The van der Waals surface area contributed by atoms with E-state index in [0.29, 0.717) is 6.54 Å². The van der Waals surface area contributed by atoms with Crippen LogP contribution in [0.1, 0.15) is 17.0 Å². The van der Waals surface area contributed by atoms with Crippen molar-refractivity contribution >= 4 is 22.3 Å². The molecular formula is C16H17N5O2. The van der Waals surface area contributed by atoms with Crippen molar-refractivity contribution in [2.24, 2.45) is 7.05 Å². The summed E-state index contributed by atoms with van der Waals surface area (Å²) in [5.74, 6) is 0. The normalized spacial score (nSPS) is 10.9. The highest BCUT2D eigenvalue weighted by molar-refractivity contribution is 5.93. The van der Waals surface area contributed by atoms with Crippen LogP contribution in [-0.2, 0) is 13.6 Å². The number of benzene rings is 1. The summed E-state index contributed by atoms with van der Waals surface area (Å²) in [5, 5.41) is 19.3. The molecule has 7 heteroatoms. The van der Waals surface area contributed by atoms with Gasteiger partial charge in [-0.2, -0.15) is 5.10 Å². The fraction of sp³-hybridized carbons (Fsp3) is 0.250. The van der Waals surface area contributed by atoms with E-state index in [2.05, 4.69) is 15.4 Å². The van der Waals surface area contributed by atoms with Gasteiger partial charge in [0.25, 0.3) is 5.69 Å². The van der Waals surface area contributed by atoms with Crippen LogP contribution in [0.2, 0.25) is 0 Å². The molecule has 2 aromatic heterocycles. The molecule has 0 spiro atoms. The molecule has 0 aliphatic heterocycles. The molecule has 1 N–H and O–H groups in total. The average Bonchev–Trinajstić information content (AvgIpc) is 2.83. The first kappa shape index (κ1) is 15.0. The zero-order valence-corrected chi connectivity index (χ0v) is 13.2. The van der Waals surface area contributed by atoms with E-state index < -0.39 is 4.92 Å². The van der Waals surface area contributed by atoms with Crippen molar-refractivity contribution in [2.75, 3.05) is 5.32 Å². The first-order valence-corrected chi connectivity index (χ1v) is 7.23. The summed E-state index contributed by atoms with van der Waals surface area (Å²) in [6, 6.07) is 6.61. The van der Waals surface area contributed by atoms with E-state index in [9.17, 15) is 10.1 Å². The van der Waals surface area contributed by atoms with Crippen LogP contribution in [0.4, 0.5) is 11.4 Å². The van der Waals surface area contributed by atoms with Crippen LogP contribution in [0.5, 0.6) is 0 Å². The topological polar surface area (TPSA) is 85.9 Å². The Morgan fingerprint density at radius 2 is 2.09 bits per heavy atom. The number of nitrogens with one attached hydrogen (secondary N) is 1. The third kappa shape index (κ3) is 2.85. The standard InChI is InChI=1S/C16H17N5O2/c1-10-6-16(17-8-12-9-18-20(3)11(12)2)14-7-13(21(22)23)4-5-15(14)19-10/h4-7,9H,8H2,1-3H3,(H,17,19). The van der Waals surface area contributed by atoms with Crippen molar-refractivity contribution in [2.45, 2.75) is 20.4 Å². The Kier molecular flexibility index (Phi) is 3.69. The molecule has 0 bridgehead atoms. The second-order valence-electron chi connectivity index (χ2n) is 5.50. The van der Waals surface area contributed by atoms with E-state index in [1.165, 1.54) is 6.07 Å². The number of aromatic nitrogens is 3. The second-order valence-corrected chi connectivity index (χ2v) is 5.50. The van der Waals surface area contributed by atoms with E-state index >= 15 is 0 Å². The van der Waals surface area contributed by atoms with Crippen molar-refractivity contribution < 1.29 is 4.92 Å². The van der Waals surface area contributed by atoms with E-state index in [1.54, 1.807) is 12.1 Å². The number of aryl methyl sites for hydroxylation is 2. The van der Waals surface area contributed by atoms with Crippen molar-refractivity contribution in [3.63, 3.8) is 0 Å². The van der Waals surface area contributed by atoms with Gasteiger partial charge in [-0.25, -0.2) is 0 Å². The molecule has 3 aromatic rings. The predicted molar refractivity (Wildman–Crippen MR) is 88.4 cm³/mol. The zero-order chi connectivity index (χ0) is 16.6. The Morgan fingerprint density at radius 3 is 2.74 bits per heavy atom. The SMILES string of the molecule is Cc1cc(NCc2cnn(C)c2C)c2cc([N+](=O)[O-])ccc2n1. The molecule has 118 valence electrons. The molecule has 0 aliphatic rings. The summed E-state index contributed by atoms with van der Waals surface area (Å²) in [4.78, 5) is 15.0. The van der Waals surface area contributed by atoms with E-state index in [1.807, 2.05) is 37.8 Å². The minimum atomic E-state index is -0.395. The molecule has 7 nitrogen and oxygen atoms in total. The van der Waals surface area contributed by atoms with Gasteiger partial charge in [0.2, 0.25) is 0 Å². The summed E-state index contributed by atoms with van der Waals surface area (Å²) in [6.45, 7) is 4.51. The lowest BCUT2D eigenvalue weighted by atomic mass is 10.1. The molecule has 0 atom stereocenters. The van der Waals surface area contributed by atoms with Gasteiger partial charge in [-0.15, -0.1) is 0 Å². The van der Waals surface area contributed by atoms with Crippen LogP contribution in [-0.4, -0.2) is 19.7 Å². The van der Waals surface area contributed by atoms with Gasteiger partial charge in [0.1, 0.15) is 0 Å². The van der Waals surface area contributed by atoms with Crippen molar-refractivity contribution in [3.8, 4) is 0 Å². The van der Waals surface area contributed by atoms with Gasteiger partial charge in [-0.1, -0.05) is 0 Å². The highest BCUT2D eigenvalue weighted by Gasteiger charge is 2.11. The molecule has 0 unspecified atom stereocenters. The smallest absolute Gasteiger partial charge is 0.270 e. The molecule has 3 rings (SSSR count). The van der Waals surface area contributed by atoms with Gasteiger partial charge >= 0.3 is 0 Å². The maximum absolute atomic E-state index is 11.0.